The van der Waals surface area contributed by atoms with Gasteiger partial charge >= 0.3 is 6.09 Å². The number of ether oxygens (including phenoxy) is 2. The van der Waals surface area contributed by atoms with Crippen molar-refractivity contribution in [1.82, 2.24) is 9.62 Å². The van der Waals surface area contributed by atoms with Crippen molar-refractivity contribution < 1.29 is 22.7 Å². The highest BCUT2D eigenvalue weighted by molar-refractivity contribution is 7.89. The summed E-state index contributed by atoms with van der Waals surface area (Å²) in [6.45, 7) is 0.895. The van der Waals surface area contributed by atoms with Crippen LogP contribution in [0.15, 0.2) is 23.1 Å². The second-order valence-electron chi connectivity index (χ2n) is 5.15. The van der Waals surface area contributed by atoms with E-state index in [1.54, 1.807) is 4.90 Å². The lowest BCUT2D eigenvalue weighted by Gasteiger charge is -2.31. The van der Waals surface area contributed by atoms with Gasteiger partial charge < -0.3 is 14.4 Å². The number of benzene rings is 1. The molecule has 1 aromatic carbocycles. The van der Waals surface area contributed by atoms with E-state index in [9.17, 15) is 13.2 Å². The molecule has 1 amide bonds. The highest BCUT2D eigenvalue weighted by atomic mass is 35.5. The third-order valence-corrected chi connectivity index (χ3v) is 5.50. The Morgan fingerprint density at radius 3 is 2.48 bits per heavy atom. The molecule has 1 heterocycles. The van der Waals surface area contributed by atoms with Gasteiger partial charge in [0.2, 0.25) is 10.0 Å². The fourth-order valence-corrected chi connectivity index (χ4v) is 4.06. The third-order valence-electron chi connectivity index (χ3n) is 3.68. The predicted molar refractivity (Wildman–Crippen MR) is 85.3 cm³/mol. The average molecular weight is 363 g/mol. The lowest BCUT2D eigenvalue weighted by molar-refractivity contribution is 0.111. The van der Waals surface area contributed by atoms with E-state index in [-0.39, 0.29) is 16.0 Å². The summed E-state index contributed by atoms with van der Waals surface area (Å²) in [7, 11) is -0.890. The average Bonchev–Trinajstić information content (AvgIpc) is 2.54. The second kappa shape index (κ2) is 7.37. The molecule has 1 N–H and O–H groups in total. The molecule has 2 rings (SSSR count). The molecule has 1 aliphatic heterocycles. The van der Waals surface area contributed by atoms with Crippen LogP contribution in [0.25, 0.3) is 0 Å². The molecule has 0 spiro atoms. The number of carbonyl (C=O) groups excluding carboxylic acids is 1. The maximum Gasteiger partial charge on any atom is 0.409 e. The number of likely N-dealkylation sites (tertiary alicyclic amines) is 1. The number of nitrogens with zero attached hydrogens (tertiary/aromatic N) is 1. The Bertz CT molecular complexity index is 672. The van der Waals surface area contributed by atoms with Crippen LogP contribution in [0.3, 0.4) is 0 Å². The molecule has 0 saturated carbocycles. The number of piperidine rings is 1. The van der Waals surface area contributed by atoms with Crippen molar-refractivity contribution in [2.45, 2.75) is 23.8 Å². The first-order valence-electron chi connectivity index (χ1n) is 7.06. The molecule has 23 heavy (non-hydrogen) atoms. The molecule has 9 heteroatoms. The van der Waals surface area contributed by atoms with E-state index in [1.807, 2.05) is 0 Å². The summed E-state index contributed by atoms with van der Waals surface area (Å²) in [5.74, 6) is 0.414. The Balaban J connectivity index is 2.02. The molecule has 0 bridgehead atoms. The van der Waals surface area contributed by atoms with Crippen molar-refractivity contribution >= 4 is 27.7 Å². The number of methoxy groups -OCH3 is 2. The van der Waals surface area contributed by atoms with E-state index >= 15 is 0 Å². The van der Waals surface area contributed by atoms with Crippen molar-refractivity contribution in [3.63, 3.8) is 0 Å². The highest BCUT2D eigenvalue weighted by Crippen LogP contribution is 2.27. The van der Waals surface area contributed by atoms with Crippen molar-refractivity contribution in [3.8, 4) is 5.75 Å². The van der Waals surface area contributed by atoms with Crippen LogP contribution in [-0.2, 0) is 14.8 Å². The number of rotatable bonds is 4. The molecule has 1 saturated heterocycles. The van der Waals surface area contributed by atoms with E-state index in [4.69, 9.17) is 16.3 Å². The molecule has 1 fully saturated rings. The zero-order valence-corrected chi connectivity index (χ0v) is 14.5. The van der Waals surface area contributed by atoms with Gasteiger partial charge in [0.15, 0.2) is 0 Å². The normalized spacial score (nSPS) is 16.2. The van der Waals surface area contributed by atoms with E-state index in [2.05, 4.69) is 9.46 Å². The number of hydrogen-bond donors (Lipinski definition) is 1. The lowest BCUT2D eigenvalue weighted by Crippen LogP contribution is -2.46. The smallest absolute Gasteiger partial charge is 0.409 e. The summed E-state index contributed by atoms with van der Waals surface area (Å²) in [6, 6.07) is 4.07. The van der Waals surface area contributed by atoms with Gasteiger partial charge in [0.1, 0.15) is 5.75 Å². The molecule has 0 aromatic heterocycles. The number of carbonyl (C=O) groups is 1. The molecule has 1 aliphatic rings. The summed E-state index contributed by atoms with van der Waals surface area (Å²) in [5.41, 5.74) is 0. The molecule has 128 valence electrons. The van der Waals surface area contributed by atoms with E-state index in [0.717, 1.165) is 0 Å². The molecule has 0 atom stereocenters. The first-order valence-corrected chi connectivity index (χ1v) is 8.92. The Morgan fingerprint density at radius 2 is 1.96 bits per heavy atom. The van der Waals surface area contributed by atoms with Gasteiger partial charge in [0, 0.05) is 19.1 Å². The van der Waals surface area contributed by atoms with Crippen LogP contribution < -0.4 is 9.46 Å². The van der Waals surface area contributed by atoms with Crippen LogP contribution in [0.4, 0.5) is 4.79 Å². The van der Waals surface area contributed by atoms with Gasteiger partial charge in [0.05, 0.1) is 24.1 Å². The van der Waals surface area contributed by atoms with Gasteiger partial charge in [-0.05, 0) is 31.0 Å². The maximum atomic E-state index is 12.4. The van der Waals surface area contributed by atoms with Crippen LogP contribution in [0.1, 0.15) is 12.8 Å². The Labute approximate surface area is 140 Å². The van der Waals surface area contributed by atoms with Crippen LogP contribution >= 0.6 is 11.6 Å². The molecular formula is C14H19ClN2O5S. The van der Waals surface area contributed by atoms with E-state index in [0.29, 0.717) is 31.7 Å². The molecule has 0 radical (unpaired) electrons. The van der Waals surface area contributed by atoms with Crippen LogP contribution in [0.5, 0.6) is 5.75 Å². The lowest BCUT2D eigenvalue weighted by atomic mass is 10.1. The maximum absolute atomic E-state index is 12.4. The van der Waals surface area contributed by atoms with Crippen molar-refractivity contribution in [1.29, 1.82) is 0 Å². The zero-order valence-electron chi connectivity index (χ0n) is 12.9. The van der Waals surface area contributed by atoms with Gasteiger partial charge in [0.25, 0.3) is 0 Å². The number of hydrogen-bond acceptors (Lipinski definition) is 5. The summed E-state index contributed by atoms with van der Waals surface area (Å²) < 4.78 is 37.1. The molecule has 0 aliphatic carbocycles. The van der Waals surface area contributed by atoms with Gasteiger partial charge in [-0.3, -0.25) is 0 Å². The summed E-state index contributed by atoms with van der Waals surface area (Å²) >= 11 is 5.97. The topological polar surface area (TPSA) is 84.9 Å². The van der Waals surface area contributed by atoms with Gasteiger partial charge in [-0.25, -0.2) is 17.9 Å². The molecule has 0 unspecified atom stereocenters. The number of amides is 1. The zero-order chi connectivity index (χ0) is 17.0. The quantitative estimate of drug-likeness (QED) is 0.883. The Morgan fingerprint density at radius 1 is 1.30 bits per heavy atom. The SMILES string of the molecule is COC(=O)N1CCC(NS(=O)(=O)c2ccc(OC)c(Cl)c2)CC1. The summed E-state index contributed by atoms with van der Waals surface area (Å²) in [6.07, 6.45) is 0.657. The fraction of sp³-hybridized carbons (Fsp3) is 0.500. The number of halogens is 1. The molecular weight excluding hydrogens is 344 g/mol. The minimum Gasteiger partial charge on any atom is -0.495 e. The second-order valence-corrected chi connectivity index (χ2v) is 7.27. The fourth-order valence-electron chi connectivity index (χ4n) is 2.41. The molecule has 7 nitrogen and oxygen atoms in total. The Hall–Kier alpha value is -1.51. The van der Waals surface area contributed by atoms with Crippen LogP contribution in [0, 0.1) is 0 Å². The highest BCUT2D eigenvalue weighted by Gasteiger charge is 2.27. The van der Waals surface area contributed by atoms with Crippen molar-refractivity contribution in [3.05, 3.63) is 23.2 Å². The van der Waals surface area contributed by atoms with Crippen LogP contribution in [0.2, 0.25) is 5.02 Å². The minimum atomic E-state index is -3.68. The van der Waals surface area contributed by atoms with Gasteiger partial charge in [-0.1, -0.05) is 11.6 Å². The number of nitrogens with one attached hydrogen (secondary N) is 1. The standard InChI is InChI=1S/C14H19ClN2O5S/c1-21-13-4-3-11(9-12(13)15)23(19,20)16-10-5-7-17(8-6-10)14(18)22-2/h3-4,9-10,16H,5-8H2,1-2H3. The number of sulfonamides is 1. The summed E-state index contributed by atoms with van der Waals surface area (Å²) in [5, 5.41) is 0.232. The first-order chi connectivity index (χ1) is 10.9. The monoisotopic (exact) mass is 362 g/mol. The minimum absolute atomic E-state index is 0.0821. The summed E-state index contributed by atoms with van der Waals surface area (Å²) in [4.78, 5) is 13.0. The van der Waals surface area contributed by atoms with Crippen molar-refractivity contribution in [2.75, 3.05) is 27.3 Å². The van der Waals surface area contributed by atoms with Crippen LogP contribution in [-0.4, -0.2) is 52.8 Å². The third kappa shape index (κ3) is 4.27. The first kappa shape index (κ1) is 17.8. The van der Waals surface area contributed by atoms with Gasteiger partial charge in [-0.2, -0.15) is 0 Å². The van der Waals surface area contributed by atoms with E-state index < -0.39 is 16.1 Å². The van der Waals surface area contributed by atoms with E-state index in [1.165, 1.54) is 32.4 Å². The van der Waals surface area contributed by atoms with Crippen molar-refractivity contribution in [2.24, 2.45) is 0 Å². The predicted octanol–water partition coefficient (Wildman–Crippen LogP) is 1.86. The largest absolute Gasteiger partial charge is 0.495 e. The van der Waals surface area contributed by atoms with Gasteiger partial charge in [-0.15, -0.1) is 0 Å². The molecule has 1 aromatic rings. The Kier molecular flexibility index (Phi) is 5.72.